The Labute approximate surface area is 170 Å². The highest BCUT2D eigenvalue weighted by molar-refractivity contribution is 7.25. The summed E-state index contributed by atoms with van der Waals surface area (Å²) in [6.45, 7) is 8.21. The van der Waals surface area contributed by atoms with Crippen molar-refractivity contribution in [2.75, 3.05) is 0 Å². The van der Waals surface area contributed by atoms with Crippen molar-refractivity contribution in [3.8, 4) is 0 Å². The number of rotatable bonds is 4. The number of nitrogens with zero attached hydrogens (tertiary/aromatic N) is 2. The molecule has 4 rings (SSSR count). The molecule has 0 amide bonds. The highest BCUT2D eigenvalue weighted by Gasteiger charge is 2.52. The summed E-state index contributed by atoms with van der Waals surface area (Å²) in [7, 11) is -0.414. The fourth-order valence-electron chi connectivity index (χ4n) is 2.98. The van der Waals surface area contributed by atoms with Crippen LogP contribution in [0.5, 0.6) is 0 Å². The predicted octanol–water partition coefficient (Wildman–Crippen LogP) is 4.61. The average Bonchev–Trinajstić information content (AvgIpc) is 3.23. The van der Waals surface area contributed by atoms with Gasteiger partial charge in [0.05, 0.1) is 21.7 Å². The summed E-state index contributed by atoms with van der Waals surface area (Å²) in [4.78, 5) is 9.39. The number of benzene rings is 2. The number of hydrogen-bond donors (Lipinski definition) is 0. The molecule has 0 atom stereocenters. The number of aromatic nitrogens is 1. The molecule has 0 N–H and O–H groups in total. The maximum Gasteiger partial charge on any atom is 0.507 e. The smallest absolute Gasteiger partial charge is 0.399 e. The third-order valence-corrected chi connectivity index (χ3v) is 6.21. The third kappa shape index (κ3) is 3.68. The van der Waals surface area contributed by atoms with Crippen molar-refractivity contribution >= 4 is 34.1 Å². The van der Waals surface area contributed by atoms with Crippen molar-refractivity contribution in [1.82, 2.24) is 4.98 Å². The van der Waals surface area contributed by atoms with E-state index < -0.39 is 7.12 Å². The lowest BCUT2D eigenvalue weighted by Crippen LogP contribution is -2.41. The highest BCUT2D eigenvalue weighted by Crippen LogP contribution is 2.37. The normalized spacial score (nSPS) is 17.5. The van der Waals surface area contributed by atoms with Gasteiger partial charge in [-0.2, -0.15) is 0 Å². The standard InChI is InChI=1S/C22H23BN2O2S/c1-21(2)22(3,4)27-23(26-21)18-15-24-20(28-18)25-19(16-11-7-5-8-12-16)17-13-9-6-10-14-17/h5-15H,1-4H3. The largest absolute Gasteiger partial charge is 0.507 e. The van der Waals surface area contributed by atoms with E-state index in [4.69, 9.17) is 14.3 Å². The monoisotopic (exact) mass is 390 g/mol. The molecule has 0 radical (unpaired) electrons. The molecule has 0 bridgehead atoms. The topological polar surface area (TPSA) is 43.7 Å². The van der Waals surface area contributed by atoms with Crippen LogP contribution in [0.15, 0.2) is 71.9 Å². The van der Waals surface area contributed by atoms with Crippen molar-refractivity contribution in [2.24, 2.45) is 4.99 Å². The van der Waals surface area contributed by atoms with Crippen LogP contribution in [0.25, 0.3) is 0 Å². The van der Waals surface area contributed by atoms with Gasteiger partial charge in [0, 0.05) is 17.3 Å². The zero-order chi connectivity index (χ0) is 19.8. The lowest BCUT2D eigenvalue weighted by Gasteiger charge is -2.32. The molecule has 0 spiro atoms. The Morgan fingerprint density at radius 2 is 1.36 bits per heavy atom. The van der Waals surface area contributed by atoms with Gasteiger partial charge in [-0.05, 0) is 27.7 Å². The lowest BCUT2D eigenvalue weighted by atomic mass is 9.89. The number of aliphatic imine (C=N–C) groups is 1. The molecule has 1 aromatic heterocycles. The maximum atomic E-state index is 6.14. The fourth-order valence-corrected chi connectivity index (χ4v) is 3.73. The fraction of sp³-hybridized carbons (Fsp3) is 0.273. The first-order valence-electron chi connectivity index (χ1n) is 9.37. The van der Waals surface area contributed by atoms with Gasteiger partial charge in [0.25, 0.3) is 0 Å². The SMILES string of the molecule is CC1(C)OB(c2cnc(N=C(c3ccccc3)c3ccccc3)s2)OC1(C)C. The molecule has 142 valence electrons. The minimum Gasteiger partial charge on any atom is -0.399 e. The molecule has 1 aliphatic rings. The minimum atomic E-state index is -0.414. The van der Waals surface area contributed by atoms with E-state index in [9.17, 15) is 0 Å². The quantitative estimate of drug-likeness (QED) is 0.483. The molecular weight excluding hydrogens is 367 g/mol. The Kier molecular flexibility index (Phi) is 4.95. The van der Waals surface area contributed by atoms with Crippen LogP contribution in [0.2, 0.25) is 0 Å². The first-order chi connectivity index (χ1) is 13.4. The molecule has 28 heavy (non-hydrogen) atoms. The average molecular weight is 390 g/mol. The molecule has 1 fully saturated rings. The van der Waals surface area contributed by atoms with Crippen molar-refractivity contribution in [1.29, 1.82) is 0 Å². The summed E-state index contributed by atoms with van der Waals surface area (Å²) >= 11 is 1.50. The van der Waals surface area contributed by atoms with Gasteiger partial charge < -0.3 is 9.31 Å². The molecule has 4 nitrogen and oxygen atoms in total. The summed E-state index contributed by atoms with van der Waals surface area (Å²) in [6.07, 6.45) is 1.80. The second-order valence-electron chi connectivity index (χ2n) is 7.83. The second-order valence-corrected chi connectivity index (χ2v) is 8.87. The third-order valence-electron chi connectivity index (χ3n) is 5.30. The zero-order valence-electron chi connectivity index (χ0n) is 16.5. The Morgan fingerprint density at radius 1 is 0.857 bits per heavy atom. The van der Waals surface area contributed by atoms with Gasteiger partial charge in [0.15, 0.2) is 0 Å². The predicted molar refractivity (Wildman–Crippen MR) is 116 cm³/mol. The van der Waals surface area contributed by atoms with E-state index in [0.717, 1.165) is 21.6 Å². The Hall–Kier alpha value is -2.28. The van der Waals surface area contributed by atoms with E-state index in [2.05, 4.69) is 56.9 Å². The van der Waals surface area contributed by atoms with Crippen LogP contribution >= 0.6 is 11.3 Å². The van der Waals surface area contributed by atoms with Crippen LogP contribution in [0, 0.1) is 0 Å². The highest BCUT2D eigenvalue weighted by atomic mass is 32.1. The maximum absolute atomic E-state index is 6.14. The first-order valence-corrected chi connectivity index (χ1v) is 10.2. The molecule has 0 aliphatic carbocycles. The Morgan fingerprint density at radius 3 is 1.86 bits per heavy atom. The first kappa shape index (κ1) is 19.1. The number of hydrogen-bond acceptors (Lipinski definition) is 5. The van der Waals surface area contributed by atoms with Crippen LogP contribution in [0.1, 0.15) is 38.8 Å². The van der Waals surface area contributed by atoms with Gasteiger partial charge in [-0.25, -0.2) is 9.98 Å². The molecule has 3 aromatic rings. The number of thiazole rings is 1. The summed E-state index contributed by atoms with van der Waals surface area (Å²) in [5.41, 5.74) is 2.27. The summed E-state index contributed by atoms with van der Waals surface area (Å²) < 4.78 is 13.2. The molecule has 6 heteroatoms. The molecule has 2 aromatic carbocycles. The van der Waals surface area contributed by atoms with Gasteiger partial charge in [0.1, 0.15) is 0 Å². The van der Waals surface area contributed by atoms with Gasteiger partial charge in [-0.1, -0.05) is 60.7 Å². The van der Waals surface area contributed by atoms with Crippen molar-refractivity contribution < 1.29 is 9.31 Å². The van der Waals surface area contributed by atoms with E-state index in [1.807, 2.05) is 36.4 Å². The van der Waals surface area contributed by atoms with Crippen LogP contribution in [0.4, 0.5) is 5.13 Å². The van der Waals surface area contributed by atoms with Crippen LogP contribution < -0.4 is 4.78 Å². The minimum absolute atomic E-state index is 0.371. The summed E-state index contributed by atoms with van der Waals surface area (Å²) in [6, 6.07) is 20.3. The molecule has 0 saturated carbocycles. The lowest BCUT2D eigenvalue weighted by molar-refractivity contribution is 0.00578. The van der Waals surface area contributed by atoms with Crippen molar-refractivity contribution in [3.05, 3.63) is 78.0 Å². The van der Waals surface area contributed by atoms with Crippen molar-refractivity contribution in [3.63, 3.8) is 0 Å². The molecule has 2 heterocycles. The van der Waals surface area contributed by atoms with Crippen LogP contribution in [0.3, 0.4) is 0 Å². The van der Waals surface area contributed by atoms with E-state index in [1.54, 1.807) is 6.20 Å². The Balaban J connectivity index is 1.68. The van der Waals surface area contributed by atoms with E-state index >= 15 is 0 Å². The van der Waals surface area contributed by atoms with E-state index in [0.29, 0.717) is 5.13 Å². The van der Waals surface area contributed by atoms with E-state index in [-0.39, 0.29) is 11.2 Å². The summed E-state index contributed by atoms with van der Waals surface area (Å²) in [5.74, 6) is 0. The molecule has 1 aliphatic heterocycles. The van der Waals surface area contributed by atoms with Gasteiger partial charge >= 0.3 is 7.12 Å². The molecule has 0 unspecified atom stereocenters. The summed E-state index contributed by atoms with van der Waals surface area (Å²) in [5, 5.41) is 0.687. The molecule has 1 saturated heterocycles. The second kappa shape index (κ2) is 7.28. The van der Waals surface area contributed by atoms with Crippen LogP contribution in [-0.4, -0.2) is 29.0 Å². The van der Waals surface area contributed by atoms with Gasteiger partial charge in [-0.15, -0.1) is 11.3 Å². The van der Waals surface area contributed by atoms with Gasteiger partial charge in [-0.3, -0.25) is 0 Å². The van der Waals surface area contributed by atoms with Gasteiger partial charge in [0.2, 0.25) is 5.13 Å². The van der Waals surface area contributed by atoms with Crippen molar-refractivity contribution in [2.45, 2.75) is 38.9 Å². The van der Waals surface area contributed by atoms with E-state index in [1.165, 1.54) is 11.3 Å². The zero-order valence-corrected chi connectivity index (χ0v) is 17.4. The van der Waals surface area contributed by atoms with Crippen LogP contribution in [-0.2, 0) is 9.31 Å². The Bertz CT molecular complexity index is 927. The molecular formula is C22H23BN2O2S.